The van der Waals surface area contributed by atoms with Crippen molar-refractivity contribution in [2.75, 3.05) is 41.0 Å². The molecule has 5 heterocycles. The fraction of sp³-hybridized carbons (Fsp3) is 0.388. The molecular formula is C49H54N8O8. The Labute approximate surface area is 376 Å². The summed E-state index contributed by atoms with van der Waals surface area (Å²) >= 11 is 0. The first-order valence-corrected chi connectivity index (χ1v) is 22.1. The molecule has 6 atom stereocenters. The zero-order chi connectivity index (χ0) is 45.5. The van der Waals surface area contributed by atoms with Crippen molar-refractivity contribution in [1.29, 1.82) is 0 Å². The molecule has 4 amide bonds. The highest BCUT2D eigenvalue weighted by Gasteiger charge is 2.42. The van der Waals surface area contributed by atoms with Gasteiger partial charge < -0.3 is 49.3 Å². The van der Waals surface area contributed by atoms with Crippen molar-refractivity contribution in [1.82, 2.24) is 40.4 Å². The third-order valence-electron chi connectivity index (χ3n) is 13.0. The first kappa shape index (κ1) is 43.3. The maximum atomic E-state index is 14.2. The van der Waals surface area contributed by atoms with Crippen LogP contribution in [-0.4, -0.2) is 101 Å². The average Bonchev–Trinajstić information content (AvgIpc) is 4.15. The Morgan fingerprint density at radius 2 is 1.58 bits per heavy atom. The van der Waals surface area contributed by atoms with Crippen molar-refractivity contribution in [2.24, 2.45) is 17.8 Å². The van der Waals surface area contributed by atoms with Crippen LogP contribution in [0.3, 0.4) is 0 Å². The summed E-state index contributed by atoms with van der Waals surface area (Å²) in [7, 11) is 4.23. The molecule has 338 valence electrons. The number of rotatable bonds is 11. The van der Waals surface area contributed by atoms with Gasteiger partial charge >= 0.3 is 12.2 Å². The lowest BCUT2D eigenvalue weighted by atomic mass is 9.92. The van der Waals surface area contributed by atoms with Gasteiger partial charge in [-0.15, -0.1) is 0 Å². The van der Waals surface area contributed by atoms with Gasteiger partial charge in [-0.3, -0.25) is 9.59 Å². The lowest BCUT2D eigenvalue weighted by Crippen LogP contribution is -2.51. The van der Waals surface area contributed by atoms with E-state index in [2.05, 4.69) is 63.9 Å². The number of hydrogen-bond donors (Lipinski definition) is 4. The Bertz CT molecular complexity index is 2770. The lowest BCUT2D eigenvalue weighted by molar-refractivity contribution is -0.136. The van der Waals surface area contributed by atoms with Gasteiger partial charge in [-0.05, 0) is 76.6 Å². The highest BCUT2D eigenvalue weighted by atomic mass is 16.5. The summed E-state index contributed by atoms with van der Waals surface area (Å²) in [6.07, 6.45) is 1.84. The molecule has 2 aromatic heterocycles. The van der Waals surface area contributed by atoms with Gasteiger partial charge in [0.15, 0.2) is 0 Å². The molecule has 0 aliphatic carbocycles. The second kappa shape index (κ2) is 17.9. The summed E-state index contributed by atoms with van der Waals surface area (Å²) in [5, 5.41) is 7.39. The van der Waals surface area contributed by atoms with E-state index in [0.29, 0.717) is 49.9 Å². The molecule has 65 heavy (non-hydrogen) atoms. The molecule has 0 radical (unpaired) electrons. The Morgan fingerprint density at radius 1 is 0.831 bits per heavy atom. The van der Waals surface area contributed by atoms with Crippen LogP contribution in [0.4, 0.5) is 9.59 Å². The van der Waals surface area contributed by atoms with E-state index in [1.54, 1.807) is 18.2 Å². The molecule has 1 unspecified atom stereocenters. The number of benzene rings is 4. The van der Waals surface area contributed by atoms with Gasteiger partial charge in [-0.2, -0.15) is 0 Å². The third-order valence-corrected chi connectivity index (χ3v) is 13.0. The molecule has 16 nitrogen and oxygen atoms in total. The molecule has 0 spiro atoms. The van der Waals surface area contributed by atoms with E-state index >= 15 is 0 Å². The minimum Gasteiger partial charge on any atom is -0.488 e. The smallest absolute Gasteiger partial charge is 0.407 e. The van der Waals surface area contributed by atoms with Crippen LogP contribution in [0.5, 0.6) is 5.75 Å². The summed E-state index contributed by atoms with van der Waals surface area (Å²) in [4.78, 5) is 73.4. The summed E-state index contributed by atoms with van der Waals surface area (Å²) in [6.45, 7) is 7.74. The van der Waals surface area contributed by atoms with Gasteiger partial charge in [-0.25, -0.2) is 19.6 Å². The summed E-state index contributed by atoms with van der Waals surface area (Å²) < 4.78 is 21.7. The second-order valence-electron chi connectivity index (χ2n) is 17.7. The highest BCUT2D eigenvalue weighted by Crippen LogP contribution is 2.44. The van der Waals surface area contributed by atoms with Crippen LogP contribution in [0.25, 0.3) is 44.2 Å². The van der Waals surface area contributed by atoms with Gasteiger partial charge in [0.05, 0.1) is 55.8 Å². The topological polar surface area (TPSA) is 193 Å². The minimum atomic E-state index is -0.911. The normalized spacial score (nSPS) is 20.0. The molecule has 3 aliphatic heterocycles. The first-order valence-electron chi connectivity index (χ1n) is 22.1. The van der Waals surface area contributed by atoms with Crippen molar-refractivity contribution in [2.45, 2.75) is 64.4 Å². The predicted octanol–water partition coefficient (Wildman–Crippen LogP) is 7.59. The number of methoxy groups -OCH3 is 3. The number of imidazole rings is 2. The van der Waals surface area contributed by atoms with E-state index in [1.165, 1.54) is 14.2 Å². The fourth-order valence-electron chi connectivity index (χ4n) is 9.77. The maximum absolute atomic E-state index is 14.2. The number of likely N-dealkylation sites (tertiary alicyclic amines) is 2. The number of nitrogens with one attached hydrogen (secondary N) is 4. The summed E-state index contributed by atoms with van der Waals surface area (Å²) in [6, 6.07) is 21.4. The quantitative estimate of drug-likeness (QED) is 0.101. The van der Waals surface area contributed by atoms with Crippen molar-refractivity contribution in [3.05, 3.63) is 102 Å². The van der Waals surface area contributed by atoms with Crippen LogP contribution in [-0.2, 0) is 30.4 Å². The molecule has 2 saturated heterocycles. The number of alkyl carbamates (subject to hydrolysis) is 2. The Hall–Kier alpha value is -6.94. The van der Waals surface area contributed by atoms with Gasteiger partial charge in [-0.1, -0.05) is 69.3 Å². The zero-order valence-electron chi connectivity index (χ0n) is 37.3. The van der Waals surface area contributed by atoms with E-state index in [-0.39, 0.29) is 41.7 Å². The number of nitrogens with zero attached hydrogens (tertiary/aromatic N) is 4. The van der Waals surface area contributed by atoms with Crippen molar-refractivity contribution in [3.63, 3.8) is 0 Å². The third kappa shape index (κ3) is 8.34. The number of carbonyl (C=O) groups excluding carboxylic acids is 4. The Kier molecular flexibility index (Phi) is 11.9. The van der Waals surface area contributed by atoms with E-state index in [0.717, 1.165) is 61.9 Å². The number of aromatic amines is 2. The first-order chi connectivity index (χ1) is 31.4. The van der Waals surface area contributed by atoms with Crippen LogP contribution in [0.2, 0.25) is 0 Å². The number of H-pyrrole nitrogens is 2. The van der Waals surface area contributed by atoms with E-state index in [9.17, 15) is 19.2 Å². The molecule has 4 N–H and O–H groups in total. The van der Waals surface area contributed by atoms with Gasteiger partial charge in [0.25, 0.3) is 5.91 Å². The number of aromatic nitrogens is 4. The van der Waals surface area contributed by atoms with Crippen LogP contribution in [0, 0.1) is 17.8 Å². The monoisotopic (exact) mass is 882 g/mol. The van der Waals surface area contributed by atoms with Crippen LogP contribution in [0.1, 0.15) is 74.5 Å². The predicted molar refractivity (Wildman–Crippen MR) is 243 cm³/mol. The Morgan fingerprint density at radius 3 is 2.34 bits per heavy atom. The maximum Gasteiger partial charge on any atom is 0.407 e. The van der Waals surface area contributed by atoms with Crippen molar-refractivity contribution in [3.8, 4) is 28.1 Å². The molecule has 2 fully saturated rings. The summed E-state index contributed by atoms with van der Waals surface area (Å²) in [5.74, 6) is 1.83. The van der Waals surface area contributed by atoms with Crippen LogP contribution in [0.15, 0.2) is 79.0 Å². The number of fused-ring (bicyclic) bond motifs is 6. The minimum absolute atomic E-state index is 0.0924. The standard InChI is InChI=1S/C49H54N8O8/c1-26(2)41(54-48(60)63-5)46(58)57-23-28(24-62-4)17-39(57)45-51-36-15-13-30-19-35-33-14-12-31(18-32(33)25-65-40(35)20-34(30)43(36)53-45)37-21-50-44(52-37)38-16-27(3)22-56(38)47(59)42(55-49(61)64-6)29-10-8-7-9-11-29/h7-15,18-21,26-28,38-39,41-42H,16-17,22-25H2,1-6H3,(H,50,52)(H,51,53)(H,54,60)(H,55,61)/t27-,28-,38-,39-,41?,42+/m0/s1. The SMILES string of the molecule is COC[C@H]1C[C@@H](c2nc3c(ccc4cc5c(cc43)OCc3cc(-c4cnc([C@@H]6C[C@H](C)CN6C(=O)[C@H](NC(=O)OC)c6ccccc6)[nH]4)ccc3-5)[nH]2)N(C(=O)C(NC(=O)OC)C(C)C)C1. The number of amides is 4. The highest BCUT2D eigenvalue weighted by molar-refractivity contribution is 6.07. The van der Waals surface area contributed by atoms with Gasteiger partial charge in [0.1, 0.15) is 36.1 Å². The molecule has 16 heteroatoms. The fourth-order valence-corrected chi connectivity index (χ4v) is 9.77. The van der Waals surface area contributed by atoms with Gasteiger partial charge in [0, 0.05) is 37.1 Å². The van der Waals surface area contributed by atoms with Crippen molar-refractivity contribution < 1.29 is 38.1 Å². The van der Waals surface area contributed by atoms with E-state index < -0.39 is 24.3 Å². The molecule has 3 aliphatic rings. The second-order valence-corrected chi connectivity index (χ2v) is 17.7. The Balaban J connectivity index is 0.973. The average molecular weight is 883 g/mol. The van der Waals surface area contributed by atoms with Gasteiger partial charge in [0.2, 0.25) is 5.91 Å². The molecule has 9 rings (SSSR count). The number of hydrogen-bond acceptors (Lipinski definition) is 10. The van der Waals surface area contributed by atoms with E-state index in [4.69, 9.17) is 28.9 Å². The molecule has 0 saturated carbocycles. The zero-order valence-corrected chi connectivity index (χ0v) is 37.3. The molecule has 4 aromatic carbocycles. The van der Waals surface area contributed by atoms with Crippen LogP contribution >= 0.6 is 0 Å². The molecule has 6 aromatic rings. The molecule has 0 bridgehead atoms. The number of carbonyl (C=O) groups is 4. The molecular weight excluding hydrogens is 829 g/mol. The lowest BCUT2D eigenvalue weighted by Gasteiger charge is -2.30. The summed E-state index contributed by atoms with van der Waals surface area (Å²) in [5.41, 5.74) is 7.11. The van der Waals surface area contributed by atoms with Crippen molar-refractivity contribution >= 4 is 45.8 Å². The largest absolute Gasteiger partial charge is 0.488 e. The number of ether oxygens (including phenoxy) is 4. The van der Waals surface area contributed by atoms with E-state index in [1.807, 2.05) is 55.1 Å². The van der Waals surface area contributed by atoms with Crippen LogP contribution < -0.4 is 15.4 Å².